The highest BCUT2D eigenvalue weighted by molar-refractivity contribution is 6.04. The normalized spacial score (nSPS) is 15.9. The second kappa shape index (κ2) is 12.8. The van der Waals surface area contributed by atoms with Crippen molar-refractivity contribution in [1.82, 2.24) is 0 Å². The van der Waals surface area contributed by atoms with Gasteiger partial charge in [0.05, 0.1) is 13.2 Å². The van der Waals surface area contributed by atoms with Crippen molar-refractivity contribution >= 4 is 40.6 Å². The number of aliphatic hydroxyl groups is 1. The number of aliphatic hydroxyl groups excluding tert-OH is 1. The fraction of sp³-hybridized carbons (Fsp3) is 0.214. The lowest BCUT2D eigenvalue weighted by molar-refractivity contribution is -0.150. The molecule has 1 saturated heterocycles. The summed E-state index contributed by atoms with van der Waals surface area (Å²) in [7, 11) is 0. The van der Waals surface area contributed by atoms with Gasteiger partial charge in [-0.2, -0.15) is 0 Å². The molecule has 2 atom stereocenters. The number of amidine groups is 1. The van der Waals surface area contributed by atoms with Crippen molar-refractivity contribution in [3.8, 4) is 0 Å². The maximum absolute atomic E-state index is 13.1. The molecule has 3 amide bonds. The Hall–Kier alpha value is -4.58. The molecule has 3 aromatic rings. The molecule has 0 aliphatic carbocycles. The van der Waals surface area contributed by atoms with Crippen LogP contribution in [0.1, 0.15) is 11.1 Å². The Labute approximate surface area is 225 Å². The van der Waals surface area contributed by atoms with Crippen LogP contribution in [-0.4, -0.2) is 60.6 Å². The molecule has 3 aromatic carbocycles. The van der Waals surface area contributed by atoms with Crippen molar-refractivity contribution in [1.29, 1.82) is 5.41 Å². The van der Waals surface area contributed by atoms with E-state index in [1.165, 1.54) is 17.0 Å². The van der Waals surface area contributed by atoms with E-state index in [4.69, 9.17) is 20.6 Å². The van der Waals surface area contributed by atoms with Crippen molar-refractivity contribution in [2.75, 3.05) is 35.3 Å². The zero-order valence-corrected chi connectivity index (χ0v) is 21.0. The first-order chi connectivity index (χ1) is 18.8. The number of rotatable bonds is 10. The molecule has 202 valence electrons. The molecule has 0 bridgehead atoms. The number of hydrogen-bond donors (Lipinski definition) is 5. The van der Waals surface area contributed by atoms with Gasteiger partial charge in [0.25, 0.3) is 11.8 Å². The summed E-state index contributed by atoms with van der Waals surface area (Å²) in [5.74, 6) is -1.80. The number of carbonyl (C=O) groups excluding carboxylic acids is 3. The Morgan fingerprint density at radius 2 is 1.67 bits per heavy atom. The third kappa shape index (κ3) is 7.26. The van der Waals surface area contributed by atoms with Crippen LogP contribution in [-0.2, 0) is 30.5 Å². The predicted molar refractivity (Wildman–Crippen MR) is 145 cm³/mol. The Morgan fingerprint density at radius 1 is 1.03 bits per heavy atom. The van der Waals surface area contributed by atoms with Gasteiger partial charge < -0.3 is 35.8 Å². The van der Waals surface area contributed by atoms with E-state index in [1.54, 1.807) is 36.4 Å². The van der Waals surface area contributed by atoms with Crippen LogP contribution in [0.2, 0.25) is 0 Å². The minimum absolute atomic E-state index is 0.110. The maximum atomic E-state index is 13.1. The molecule has 11 nitrogen and oxygen atoms in total. The van der Waals surface area contributed by atoms with Crippen LogP contribution in [0, 0.1) is 5.41 Å². The number of nitrogens with zero attached hydrogens (tertiary/aromatic N) is 1. The molecule has 0 radical (unpaired) electrons. The van der Waals surface area contributed by atoms with E-state index in [0.29, 0.717) is 29.2 Å². The van der Waals surface area contributed by atoms with Crippen LogP contribution in [0.3, 0.4) is 0 Å². The molecular formula is C28H29N5O6. The highest BCUT2D eigenvalue weighted by Gasteiger charge is 2.39. The average Bonchev–Trinajstić information content (AvgIpc) is 2.94. The SMILES string of the molecule is N=C(N)c1ccc(NC(=O)C(O)[C@H]2OCCN(c3ccc(NC(=O)COCc4ccccc4)cc3)C2=O)cc1. The molecule has 1 aliphatic rings. The topological polar surface area (TPSA) is 167 Å². The number of nitrogen functional groups attached to an aromatic ring is 1. The number of nitrogens with two attached hydrogens (primary N) is 1. The van der Waals surface area contributed by atoms with E-state index in [-0.39, 0.29) is 31.5 Å². The summed E-state index contributed by atoms with van der Waals surface area (Å²) >= 11 is 0. The van der Waals surface area contributed by atoms with Crippen molar-refractivity contribution < 1.29 is 29.0 Å². The summed E-state index contributed by atoms with van der Waals surface area (Å²) < 4.78 is 10.9. The van der Waals surface area contributed by atoms with Crippen LogP contribution >= 0.6 is 0 Å². The van der Waals surface area contributed by atoms with Crippen molar-refractivity contribution in [3.05, 3.63) is 90.0 Å². The molecule has 1 heterocycles. The number of nitrogens with one attached hydrogen (secondary N) is 3. The van der Waals surface area contributed by atoms with Gasteiger partial charge in [0.1, 0.15) is 12.4 Å². The van der Waals surface area contributed by atoms with E-state index < -0.39 is 24.0 Å². The largest absolute Gasteiger partial charge is 0.384 e. The number of amides is 3. The lowest BCUT2D eigenvalue weighted by atomic mass is 10.1. The first kappa shape index (κ1) is 27.5. The summed E-state index contributed by atoms with van der Waals surface area (Å²) in [6, 6.07) is 22.3. The van der Waals surface area contributed by atoms with Gasteiger partial charge in [0, 0.05) is 29.2 Å². The molecule has 11 heteroatoms. The van der Waals surface area contributed by atoms with Gasteiger partial charge in [-0.05, 0) is 54.1 Å². The van der Waals surface area contributed by atoms with Crippen LogP contribution in [0.4, 0.5) is 17.1 Å². The Balaban J connectivity index is 1.30. The Bertz CT molecular complexity index is 1310. The van der Waals surface area contributed by atoms with Gasteiger partial charge in [-0.1, -0.05) is 30.3 Å². The lowest BCUT2D eigenvalue weighted by Gasteiger charge is -2.34. The summed E-state index contributed by atoms with van der Waals surface area (Å²) in [6.45, 7) is 0.561. The summed E-state index contributed by atoms with van der Waals surface area (Å²) in [5, 5.41) is 23.3. The van der Waals surface area contributed by atoms with Gasteiger partial charge in [-0.15, -0.1) is 0 Å². The third-order valence-electron chi connectivity index (χ3n) is 5.95. The van der Waals surface area contributed by atoms with Crippen LogP contribution in [0.15, 0.2) is 78.9 Å². The summed E-state index contributed by atoms with van der Waals surface area (Å²) in [5.41, 5.74) is 8.30. The average molecular weight is 532 g/mol. The van der Waals surface area contributed by atoms with Crippen LogP contribution < -0.4 is 21.3 Å². The molecule has 4 rings (SSSR count). The highest BCUT2D eigenvalue weighted by Crippen LogP contribution is 2.23. The maximum Gasteiger partial charge on any atom is 0.259 e. The quantitative estimate of drug-likeness (QED) is 0.197. The molecule has 0 spiro atoms. The van der Waals surface area contributed by atoms with Crippen molar-refractivity contribution in [3.63, 3.8) is 0 Å². The zero-order chi connectivity index (χ0) is 27.8. The van der Waals surface area contributed by atoms with Crippen molar-refractivity contribution in [2.45, 2.75) is 18.8 Å². The molecule has 0 aromatic heterocycles. The Morgan fingerprint density at radius 3 is 2.33 bits per heavy atom. The highest BCUT2D eigenvalue weighted by atomic mass is 16.5. The van der Waals surface area contributed by atoms with E-state index in [2.05, 4.69) is 10.6 Å². The minimum atomic E-state index is -1.75. The van der Waals surface area contributed by atoms with Gasteiger partial charge >= 0.3 is 0 Å². The van der Waals surface area contributed by atoms with Gasteiger partial charge in [-0.3, -0.25) is 19.8 Å². The Kier molecular flexibility index (Phi) is 9.00. The molecule has 1 unspecified atom stereocenters. The number of carbonyl (C=O) groups is 3. The second-order valence-corrected chi connectivity index (χ2v) is 8.78. The third-order valence-corrected chi connectivity index (χ3v) is 5.95. The number of morpholine rings is 1. The smallest absolute Gasteiger partial charge is 0.259 e. The molecular weight excluding hydrogens is 502 g/mol. The number of ether oxygens (including phenoxy) is 2. The molecule has 1 aliphatic heterocycles. The molecule has 39 heavy (non-hydrogen) atoms. The standard InChI is InChI=1S/C28H29N5O6/c29-26(30)19-6-8-21(9-7-19)32-27(36)24(35)25-28(37)33(14-15-39-25)22-12-10-20(11-13-22)31-23(34)17-38-16-18-4-2-1-3-5-18/h1-13,24-25,35H,14-17H2,(H3,29,30)(H,31,34)(H,32,36)/t24?,25-/m1/s1. The minimum Gasteiger partial charge on any atom is -0.384 e. The first-order valence-electron chi connectivity index (χ1n) is 12.2. The van der Waals surface area contributed by atoms with E-state index in [9.17, 15) is 19.5 Å². The first-order valence-corrected chi connectivity index (χ1v) is 12.2. The van der Waals surface area contributed by atoms with E-state index in [1.807, 2.05) is 30.3 Å². The monoisotopic (exact) mass is 531 g/mol. The van der Waals surface area contributed by atoms with E-state index in [0.717, 1.165) is 5.56 Å². The number of anilines is 3. The van der Waals surface area contributed by atoms with Gasteiger partial charge in [-0.25, -0.2) is 0 Å². The second-order valence-electron chi connectivity index (χ2n) is 8.78. The molecule has 0 saturated carbocycles. The summed E-state index contributed by atoms with van der Waals surface area (Å²) in [4.78, 5) is 39.3. The molecule has 6 N–H and O–H groups in total. The summed E-state index contributed by atoms with van der Waals surface area (Å²) in [6.07, 6.45) is -3.14. The van der Waals surface area contributed by atoms with Crippen LogP contribution in [0.25, 0.3) is 0 Å². The van der Waals surface area contributed by atoms with Gasteiger partial charge in [0.2, 0.25) is 5.91 Å². The number of benzene rings is 3. The van der Waals surface area contributed by atoms with E-state index >= 15 is 0 Å². The fourth-order valence-corrected chi connectivity index (χ4v) is 3.93. The molecule has 1 fully saturated rings. The van der Waals surface area contributed by atoms with Crippen molar-refractivity contribution in [2.24, 2.45) is 5.73 Å². The fourth-order valence-electron chi connectivity index (χ4n) is 3.93. The zero-order valence-electron chi connectivity index (χ0n) is 21.0. The number of hydrogen-bond acceptors (Lipinski definition) is 7. The lowest BCUT2D eigenvalue weighted by Crippen LogP contribution is -2.55. The predicted octanol–water partition coefficient (Wildman–Crippen LogP) is 1.86. The van der Waals surface area contributed by atoms with Gasteiger partial charge in [0.15, 0.2) is 12.2 Å². The van der Waals surface area contributed by atoms with Crippen LogP contribution in [0.5, 0.6) is 0 Å².